The first-order valence-corrected chi connectivity index (χ1v) is 10.7. The molecule has 2 rings (SSSR count). The number of ether oxygens (including phenoxy) is 3. The lowest BCUT2D eigenvalue weighted by Gasteiger charge is -2.31. The van der Waals surface area contributed by atoms with Crippen molar-refractivity contribution in [2.75, 3.05) is 40.5 Å². The lowest BCUT2D eigenvalue weighted by atomic mass is 10.0. The topological polar surface area (TPSA) is 81.1 Å². The van der Waals surface area contributed by atoms with E-state index in [4.69, 9.17) is 9.47 Å². The van der Waals surface area contributed by atoms with E-state index >= 15 is 0 Å². The SMILES string of the molecule is COC(=O)COc1ccc(CC(C)N(CCO)CC(OC)c2csc(C(F)(F)F)n2)cc1. The third-order valence-electron chi connectivity index (χ3n) is 4.83. The Labute approximate surface area is 188 Å². The molecule has 2 aromatic rings. The Kier molecular flexibility index (Phi) is 9.88. The number of nitrogens with zero attached hydrogens (tertiary/aromatic N) is 2. The Morgan fingerprint density at radius 3 is 2.47 bits per heavy atom. The number of carbonyl (C=O) groups is 1. The molecule has 7 nitrogen and oxygen atoms in total. The average Bonchev–Trinajstić information content (AvgIpc) is 3.26. The van der Waals surface area contributed by atoms with Crippen LogP contribution in [0, 0.1) is 0 Å². The van der Waals surface area contributed by atoms with Gasteiger partial charge in [0.05, 0.1) is 19.4 Å². The minimum absolute atomic E-state index is 0.0395. The molecule has 0 aliphatic heterocycles. The second-order valence-corrected chi connectivity index (χ2v) is 7.94. The summed E-state index contributed by atoms with van der Waals surface area (Å²) in [6, 6.07) is 7.18. The molecule has 2 atom stereocenters. The molecule has 0 bridgehead atoms. The fourth-order valence-corrected chi connectivity index (χ4v) is 3.81. The van der Waals surface area contributed by atoms with Crippen molar-refractivity contribution in [1.29, 1.82) is 0 Å². The summed E-state index contributed by atoms with van der Waals surface area (Å²) in [7, 11) is 2.71. The van der Waals surface area contributed by atoms with Gasteiger partial charge in [-0.15, -0.1) is 11.3 Å². The number of esters is 1. The second kappa shape index (κ2) is 12.1. The Balaban J connectivity index is 2.02. The van der Waals surface area contributed by atoms with Gasteiger partial charge in [0.15, 0.2) is 11.6 Å². The third-order valence-corrected chi connectivity index (χ3v) is 5.73. The molecule has 1 aromatic carbocycles. The fraction of sp³-hybridized carbons (Fsp3) is 0.524. The van der Waals surface area contributed by atoms with Crippen molar-refractivity contribution < 1.29 is 37.3 Å². The van der Waals surface area contributed by atoms with E-state index in [-0.39, 0.29) is 31.5 Å². The Bertz CT molecular complexity index is 845. The summed E-state index contributed by atoms with van der Waals surface area (Å²) in [5.41, 5.74) is 1.21. The Morgan fingerprint density at radius 2 is 1.94 bits per heavy atom. The number of methoxy groups -OCH3 is 2. The van der Waals surface area contributed by atoms with Gasteiger partial charge in [0.2, 0.25) is 0 Å². The highest BCUT2D eigenvalue weighted by molar-refractivity contribution is 7.09. The van der Waals surface area contributed by atoms with Crippen molar-refractivity contribution >= 4 is 17.3 Å². The minimum Gasteiger partial charge on any atom is -0.482 e. The van der Waals surface area contributed by atoms with Crippen molar-refractivity contribution in [3.05, 3.63) is 45.9 Å². The molecule has 0 spiro atoms. The summed E-state index contributed by atoms with van der Waals surface area (Å²) in [6.07, 6.45) is -4.53. The summed E-state index contributed by atoms with van der Waals surface area (Å²) in [6.45, 7) is 2.29. The summed E-state index contributed by atoms with van der Waals surface area (Å²) in [5.74, 6) is 0.0555. The number of aromatic nitrogens is 1. The van der Waals surface area contributed by atoms with Gasteiger partial charge in [-0.1, -0.05) is 12.1 Å². The van der Waals surface area contributed by atoms with E-state index in [2.05, 4.69) is 9.72 Å². The highest BCUT2D eigenvalue weighted by Crippen LogP contribution is 2.33. The first-order valence-electron chi connectivity index (χ1n) is 9.86. The summed E-state index contributed by atoms with van der Waals surface area (Å²) in [5, 5.41) is 9.92. The largest absolute Gasteiger partial charge is 0.482 e. The molecule has 0 aliphatic rings. The molecule has 178 valence electrons. The summed E-state index contributed by atoms with van der Waals surface area (Å²) < 4.78 is 53.9. The van der Waals surface area contributed by atoms with Gasteiger partial charge in [-0.3, -0.25) is 4.90 Å². The standard InChI is InChI=1S/C21H27F3N2O5S/c1-14(10-15-4-6-16(7-5-15)31-12-19(28)30-3)26(8-9-27)11-18(29-2)17-13-32-20(25-17)21(22,23)24/h4-7,13-14,18,27H,8-12H2,1-3H3. The van der Waals surface area contributed by atoms with Crippen LogP contribution >= 0.6 is 11.3 Å². The van der Waals surface area contributed by atoms with Gasteiger partial charge < -0.3 is 19.3 Å². The number of halogens is 3. The zero-order chi connectivity index (χ0) is 23.7. The average molecular weight is 477 g/mol. The van der Waals surface area contributed by atoms with Crippen LogP contribution in [-0.2, 0) is 26.9 Å². The molecule has 0 saturated carbocycles. The van der Waals surface area contributed by atoms with Gasteiger partial charge in [-0.2, -0.15) is 13.2 Å². The lowest BCUT2D eigenvalue weighted by molar-refractivity contribution is -0.143. The predicted octanol–water partition coefficient (Wildman–Crippen LogP) is 3.33. The van der Waals surface area contributed by atoms with Crippen molar-refractivity contribution in [2.24, 2.45) is 0 Å². The smallest absolute Gasteiger partial charge is 0.443 e. The van der Waals surface area contributed by atoms with E-state index in [0.29, 0.717) is 30.1 Å². The summed E-state index contributed by atoms with van der Waals surface area (Å²) >= 11 is 0.535. The maximum absolute atomic E-state index is 12.9. The van der Waals surface area contributed by atoms with Crippen LogP contribution in [0.15, 0.2) is 29.6 Å². The van der Waals surface area contributed by atoms with Crippen LogP contribution in [0.4, 0.5) is 13.2 Å². The maximum atomic E-state index is 12.9. The minimum atomic E-state index is -4.49. The van der Waals surface area contributed by atoms with Crippen molar-refractivity contribution in [3.8, 4) is 5.75 Å². The normalized spacial score (nSPS) is 13.8. The Morgan fingerprint density at radius 1 is 1.25 bits per heavy atom. The van der Waals surface area contributed by atoms with Crippen LogP contribution in [0.1, 0.15) is 29.3 Å². The van der Waals surface area contributed by atoms with Crippen LogP contribution in [0.2, 0.25) is 0 Å². The van der Waals surface area contributed by atoms with Crippen LogP contribution in [0.25, 0.3) is 0 Å². The lowest BCUT2D eigenvalue weighted by Crippen LogP contribution is -2.40. The number of alkyl halides is 3. The molecule has 11 heteroatoms. The molecule has 1 heterocycles. The zero-order valence-electron chi connectivity index (χ0n) is 18.1. The first-order chi connectivity index (χ1) is 15.2. The highest BCUT2D eigenvalue weighted by atomic mass is 32.1. The first kappa shape index (κ1) is 26.0. The van der Waals surface area contributed by atoms with Crippen LogP contribution in [0.3, 0.4) is 0 Å². The molecule has 2 unspecified atom stereocenters. The number of rotatable bonds is 12. The third kappa shape index (κ3) is 7.73. The van der Waals surface area contributed by atoms with Gasteiger partial charge in [-0.25, -0.2) is 9.78 Å². The van der Waals surface area contributed by atoms with E-state index in [1.807, 2.05) is 24.0 Å². The molecule has 0 fully saturated rings. The monoisotopic (exact) mass is 476 g/mol. The summed E-state index contributed by atoms with van der Waals surface area (Å²) in [4.78, 5) is 16.8. The van der Waals surface area contributed by atoms with Crippen LogP contribution < -0.4 is 4.74 Å². The molecular weight excluding hydrogens is 449 g/mol. The molecule has 1 aromatic heterocycles. The molecule has 32 heavy (non-hydrogen) atoms. The molecule has 1 N–H and O–H groups in total. The molecular formula is C21H27F3N2O5S. The van der Waals surface area contributed by atoms with Gasteiger partial charge in [-0.05, 0) is 31.0 Å². The van der Waals surface area contributed by atoms with Gasteiger partial charge >= 0.3 is 12.1 Å². The van der Waals surface area contributed by atoms with Crippen LogP contribution in [-0.4, -0.2) is 67.5 Å². The van der Waals surface area contributed by atoms with E-state index < -0.39 is 23.3 Å². The van der Waals surface area contributed by atoms with E-state index in [9.17, 15) is 23.1 Å². The number of thiazole rings is 1. The van der Waals surface area contributed by atoms with Crippen LogP contribution in [0.5, 0.6) is 5.75 Å². The second-order valence-electron chi connectivity index (χ2n) is 7.08. The number of hydrogen-bond donors (Lipinski definition) is 1. The molecule has 0 aliphatic carbocycles. The number of aliphatic hydroxyl groups excluding tert-OH is 1. The zero-order valence-corrected chi connectivity index (χ0v) is 18.9. The highest BCUT2D eigenvalue weighted by Gasteiger charge is 2.35. The van der Waals surface area contributed by atoms with Crippen molar-refractivity contribution in [2.45, 2.75) is 31.7 Å². The van der Waals surface area contributed by atoms with Crippen molar-refractivity contribution in [1.82, 2.24) is 9.88 Å². The number of aliphatic hydroxyl groups is 1. The van der Waals surface area contributed by atoms with E-state index in [1.54, 1.807) is 12.1 Å². The quantitative estimate of drug-likeness (QED) is 0.471. The number of benzene rings is 1. The number of carbonyl (C=O) groups excluding carboxylic acids is 1. The number of hydrogen-bond acceptors (Lipinski definition) is 8. The Hall–Kier alpha value is -2.21. The maximum Gasteiger partial charge on any atom is 0.443 e. The van der Waals surface area contributed by atoms with E-state index in [1.165, 1.54) is 19.6 Å². The molecule has 0 amide bonds. The van der Waals surface area contributed by atoms with E-state index in [0.717, 1.165) is 5.56 Å². The predicted molar refractivity (Wildman–Crippen MR) is 113 cm³/mol. The van der Waals surface area contributed by atoms with Gasteiger partial charge in [0.1, 0.15) is 11.9 Å². The van der Waals surface area contributed by atoms with Gasteiger partial charge in [0, 0.05) is 31.6 Å². The molecule has 0 radical (unpaired) electrons. The van der Waals surface area contributed by atoms with Gasteiger partial charge in [0.25, 0.3) is 0 Å². The molecule has 0 saturated heterocycles. The van der Waals surface area contributed by atoms with Crippen molar-refractivity contribution in [3.63, 3.8) is 0 Å². The fourth-order valence-electron chi connectivity index (χ4n) is 3.08.